The van der Waals surface area contributed by atoms with E-state index in [1.165, 1.54) is 0 Å². The summed E-state index contributed by atoms with van der Waals surface area (Å²) in [6.45, 7) is 4.01. The smallest absolute Gasteiger partial charge is 0.262 e. The van der Waals surface area contributed by atoms with Crippen LogP contribution in [0.15, 0.2) is 54.6 Å². The zero-order valence-electron chi connectivity index (χ0n) is 16.5. The van der Waals surface area contributed by atoms with Gasteiger partial charge < -0.3 is 10.0 Å². The Balaban J connectivity index is 1.73. The Morgan fingerprint density at radius 2 is 1.59 bits per heavy atom. The van der Waals surface area contributed by atoms with Gasteiger partial charge in [0.1, 0.15) is 6.04 Å². The molecule has 2 unspecified atom stereocenters. The maximum atomic E-state index is 13.6. The van der Waals surface area contributed by atoms with Crippen molar-refractivity contribution in [2.75, 3.05) is 6.54 Å². The Bertz CT molecular complexity index is 935. The van der Waals surface area contributed by atoms with E-state index in [2.05, 4.69) is 0 Å². The van der Waals surface area contributed by atoms with Crippen molar-refractivity contribution in [2.45, 2.75) is 44.4 Å². The molecule has 2 aliphatic rings. The summed E-state index contributed by atoms with van der Waals surface area (Å²) in [5.74, 6) is -1.21. The monoisotopic (exact) mass is 392 g/mol. The topological polar surface area (TPSA) is 77.9 Å². The van der Waals surface area contributed by atoms with Crippen molar-refractivity contribution in [1.82, 2.24) is 9.80 Å². The molecule has 2 heterocycles. The van der Waals surface area contributed by atoms with Crippen LogP contribution < -0.4 is 0 Å². The van der Waals surface area contributed by atoms with Gasteiger partial charge in [-0.1, -0.05) is 42.5 Å². The van der Waals surface area contributed by atoms with Gasteiger partial charge in [0, 0.05) is 13.0 Å². The van der Waals surface area contributed by atoms with E-state index in [0.29, 0.717) is 24.1 Å². The fourth-order valence-corrected chi connectivity index (χ4v) is 4.26. The second-order valence-electron chi connectivity index (χ2n) is 8.18. The zero-order chi connectivity index (χ0) is 20.8. The van der Waals surface area contributed by atoms with Gasteiger partial charge in [-0.3, -0.25) is 19.3 Å². The molecule has 4 rings (SSSR count). The summed E-state index contributed by atoms with van der Waals surface area (Å²) in [4.78, 5) is 42.5. The van der Waals surface area contributed by atoms with Crippen LogP contribution in [0.1, 0.15) is 46.5 Å². The van der Waals surface area contributed by atoms with Crippen LogP contribution >= 0.6 is 0 Å². The van der Waals surface area contributed by atoms with Crippen molar-refractivity contribution in [2.24, 2.45) is 0 Å². The van der Waals surface area contributed by atoms with E-state index in [-0.39, 0.29) is 12.3 Å². The molecule has 0 spiro atoms. The molecule has 0 aliphatic carbocycles. The Labute approximate surface area is 169 Å². The molecule has 1 fully saturated rings. The quantitative estimate of drug-likeness (QED) is 0.810. The number of imide groups is 1. The first kappa shape index (κ1) is 19.3. The molecule has 2 aromatic carbocycles. The minimum atomic E-state index is -0.964. The van der Waals surface area contributed by atoms with Gasteiger partial charge in [-0.05, 0) is 38.0 Å². The SMILES string of the molecule is CC1(C)C(O)CCN1C(=O)C(Cc1ccccc1)N1C(=O)c2ccccc2C1=O. The molecular weight excluding hydrogens is 368 g/mol. The highest BCUT2D eigenvalue weighted by Crippen LogP contribution is 2.33. The molecule has 0 radical (unpaired) electrons. The average molecular weight is 392 g/mol. The number of fused-ring (bicyclic) bond motifs is 1. The van der Waals surface area contributed by atoms with Crippen LogP contribution in [0.5, 0.6) is 0 Å². The van der Waals surface area contributed by atoms with Crippen LogP contribution in [0.2, 0.25) is 0 Å². The Hall–Kier alpha value is -2.99. The highest BCUT2D eigenvalue weighted by atomic mass is 16.3. The van der Waals surface area contributed by atoms with Crippen molar-refractivity contribution in [3.8, 4) is 0 Å². The van der Waals surface area contributed by atoms with Crippen LogP contribution in [0.25, 0.3) is 0 Å². The summed E-state index contributed by atoms with van der Waals surface area (Å²) in [6.07, 6.45) is 0.0539. The number of hydrogen-bond donors (Lipinski definition) is 1. The number of aliphatic hydroxyl groups is 1. The maximum absolute atomic E-state index is 13.6. The first-order chi connectivity index (χ1) is 13.8. The summed E-state index contributed by atoms with van der Waals surface area (Å²) >= 11 is 0. The summed E-state index contributed by atoms with van der Waals surface area (Å²) < 4.78 is 0. The molecule has 2 aromatic rings. The summed E-state index contributed by atoms with van der Waals surface area (Å²) in [5.41, 5.74) is 0.748. The lowest BCUT2D eigenvalue weighted by Gasteiger charge is -2.38. The van der Waals surface area contributed by atoms with Crippen molar-refractivity contribution in [1.29, 1.82) is 0 Å². The second-order valence-corrected chi connectivity index (χ2v) is 8.18. The number of likely N-dealkylation sites (tertiary alicyclic amines) is 1. The van der Waals surface area contributed by atoms with E-state index in [9.17, 15) is 19.5 Å². The minimum absolute atomic E-state index is 0.230. The van der Waals surface area contributed by atoms with Crippen LogP contribution in [-0.4, -0.2) is 56.9 Å². The van der Waals surface area contributed by atoms with Crippen molar-refractivity contribution >= 4 is 17.7 Å². The van der Waals surface area contributed by atoms with Crippen molar-refractivity contribution in [3.63, 3.8) is 0 Å². The third-order valence-electron chi connectivity index (χ3n) is 6.10. The summed E-state index contributed by atoms with van der Waals surface area (Å²) in [5, 5.41) is 10.3. The van der Waals surface area contributed by atoms with E-state index < -0.39 is 29.5 Å². The molecule has 2 atom stereocenters. The van der Waals surface area contributed by atoms with Gasteiger partial charge in [-0.2, -0.15) is 0 Å². The Kier molecular flexibility index (Phi) is 4.74. The lowest BCUT2D eigenvalue weighted by Crippen LogP contribution is -2.57. The van der Waals surface area contributed by atoms with Crippen LogP contribution in [-0.2, 0) is 11.2 Å². The molecule has 6 heteroatoms. The van der Waals surface area contributed by atoms with Crippen molar-refractivity contribution in [3.05, 3.63) is 71.3 Å². The summed E-state index contributed by atoms with van der Waals surface area (Å²) in [7, 11) is 0. The third kappa shape index (κ3) is 3.13. The Morgan fingerprint density at radius 1 is 1.03 bits per heavy atom. The molecule has 6 nitrogen and oxygen atoms in total. The second kappa shape index (κ2) is 7.12. The number of amides is 3. The molecule has 0 aromatic heterocycles. The molecular formula is C23H24N2O4. The first-order valence-electron chi connectivity index (χ1n) is 9.82. The number of aliphatic hydroxyl groups excluding tert-OH is 1. The average Bonchev–Trinajstić information content (AvgIpc) is 3.13. The lowest BCUT2D eigenvalue weighted by molar-refractivity contribution is -0.140. The normalized spacial score (nSPS) is 21.4. The predicted octanol–water partition coefficient (Wildman–Crippen LogP) is 2.27. The van der Waals surface area contributed by atoms with Gasteiger partial charge in [0.25, 0.3) is 11.8 Å². The van der Waals surface area contributed by atoms with Crippen LogP contribution in [0.3, 0.4) is 0 Å². The number of carbonyl (C=O) groups excluding carboxylic acids is 3. The van der Waals surface area contributed by atoms with Gasteiger partial charge in [0.2, 0.25) is 5.91 Å². The van der Waals surface area contributed by atoms with E-state index in [4.69, 9.17) is 0 Å². The van der Waals surface area contributed by atoms with Gasteiger partial charge in [0.15, 0.2) is 0 Å². The number of nitrogens with zero attached hydrogens (tertiary/aromatic N) is 2. The predicted molar refractivity (Wildman–Crippen MR) is 107 cm³/mol. The molecule has 29 heavy (non-hydrogen) atoms. The third-order valence-corrected chi connectivity index (χ3v) is 6.10. The van der Waals surface area contributed by atoms with E-state index in [0.717, 1.165) is 10.5 Å². The van der Waals surface area contributed by atoms with E-state index in [1.807, 2.05) is 44.2 Å². The van der Waals surface area contributed by atoms with Crippen LogP contribution in [0, 0.1) is 0 Å². The fourth-order valence-electron chi connectivity index (χ4n) is 4.26. The van der Waals surface area contributed by atoms with Gasteiger partial charge >= 0.3 is 0 Å². The van der Waals surface area contributed by atoms with E-state index in [1.54, 1.807) is 29.2 Å². The number of hydrogen-bond acceptors (Lipinski definition) is 4. The summed E-state index contributed by atoms with van der Waals surface area (Å²) in [6, 6.07) is 15.0. The highest BCUT2D eigenvalue weighted by molar-refractivity contribution is 6.22. The molecule has 1 saturated heterocycles. The molecule has 3 amide bonds. The standard InChI is InChI=1S/C23H24N2O4/c1-23(2)19(26)12-13-24(23)22(29)18(14-15-8-4-3-5-9-15)25-20(27)16-10-6-7-11-17(16)21(25)28/h3-11,18-19,26H,12-14H2,1-2H3. The van der Waals surface area contributed by atoms with Gasteiger partial charge in [-0.25, -0.2) is 0 Å². The highest BCUT2D eigenvalue weighted by Gasteiger charge is 2.49. The Morgan fingerprint density at radius 3 is 2.10 bits per heavy atom. The molecule has 2 aliphatic heterocycles. The van der Waals surface area contributed by atoms with E-state index >= 15 is 0 Å². The van der Waals surface area contributed by atoms with Crippen molar-refractivity contribution < 1.29 is 19.5 Å². The first-order valence-corrected chi connectivity index (χ1v) is 9.82. The fraction of sp³-hybridized carbons (Fsp3) is 0.348. The lowest BCUT2D eigenvalue weighted by atomic mass is 9.96. The zero-order valence-corrected chi connectivity index (χ0v) is 16.5. The maximum Gasteiger partial charge on any atom is 0.262 e. The largest absolute Gasteiger partial charge is 0.391 e. The molecule has 1 N–H and O–H groups in total. The minimum Gasteiger partial charge on any atom is -0.391 e. The number of carbonyl (C=O) groups is 3. The molecule has 0 bridgehead atoms. The number of rotatable bonds is 4. The molecule has 150 valence electrons. The van der Waals surface area contributed by atoms with Gasteiger partial charge in [0.05, 0.1) is 22.8 Å². The van der Waals surface area contributed by atoms with Crippen LogP contribution in [0.4, 0.5) is 0 Å². The molecule has 0 saturated carbocycles. The van der Waals surface area contributed by atoms with Gasteiger partial charge in [-0.15, -0.1) is 0 Å². The number of benzene rings is 2.